The second-order valence-corrected chi connectivity index (χ2v) is 8.19. The second-order valence-electron chi connectivity index (χ2n) is 6.52. The largest absolute Gasteiger partial charge is 0.465 e. The highest BCUT2D eigenvalue weighted by Gasteiger charge is 2.32. The average molecular weight is 438 g/mol. The number of piperazine rings is 1. The van der Waals surface area contributed by atoms with E-state index in [1.807, 2.05) is 0 Å². The first kappa shape index (κ1) is 21.4. The minimum atomic E-state index is -0.337. The van der Waals surface area contributed by atoms with Gasteiger partial charge >= 0.3 is 6.09 Å². The summed E-state index contributed by atoms with van der Waals surface area (Å²) in [7, 11) is 0. The number of hydrogen-bond acceptors (Lipinski definition) is 7. The van der Waals surface area contributed by atoms with Gasteiger partial charge in [0.2, 0.25) is 5.91 Å². The van der Waals surface area contributed by atoms with E-state index in [0.717, 1.165) is 0 Å². The molecule has 1 aromatic rings. The van der Waals surface area contributed by atoms with Gasteiger partial charge in [-0.25, -0.2) is 4.79 Å². The number of rotatable bonds is 6. The van der Waals surface area contributed by atoms with E-state index in [9.17, 15) is 14.4 Å². The predicted molar refractivity (Wildman–Crippen MR) is 113 cm³/mol. The zero-order valence-corrected chi connectivity index (χ0v) is 17.8. The van der Waals surface area contributed by atoms with Crippen molar-refractivity contribution in [2.24, 2.45) is 0 Å². The fourth-order valence-electron chi connectivity index (χ4n) is 3.10. The van der Waals surface area contributed by atoms with Gasteiger partial charge in [-0.15, -0.1) is 0 Å². The molecule has 3 amide bonds. The van der Waals surface area contributed by atoms with E-state index in [2.05, 4.69) is 0 Å². The molecule has 0 bridgehead atoms. The van der Waals surface area contributed by atoms with Gasteiger partial charge in [-0.3, -0.25) is 14.5 Å². The van der Waals surface area contributed by atoms with Crippen LogP contribution in [0.1, 0.15) is 25.5 Å². The first-order chi connectivity index (χ1) is 14.0. The number of ether oxygens (including phenoxy) is 1. The molecule has 0 aliphatic carbocycles. The molecule has 0 aromatic carbocycles. The van der Waals surface area contributed by atoms with Crippen LogP contribution in [0.2, 0.25) is 0 Å². The quantitative estimate of drug-likeness (QED) is 0.500. The van der Waals surface area contributed by atoms with Gasteiger partial charge in [-0.05, 0) is 25.5 Å². The van der Waals surface area contributed by atoms with Crippen molar-refractivity contribution in [2.75, 3.05) is 39.3 Å². The van der Waals surface area contributed by atoms with Crippen molar-refractivity contribution in [3.05, 3.63) is 29.1 Å². The van der Waals surface area contributed by atoms with Crippen molar-refractivity contribution in [1.29, 1.82) is 0 Å². The number of hydrogen-bond donors (Lipinski definition) is 0. The van der Waals surface area contributed by atoms with Crippen LogP contribution in [0, 0.1) is 0 Å². The van der Waals surface area contributed by atoms with Gasteiger partial charge in [-0.1, -0.05) is 24.0 Å². The van der Waals surface area contributed by atoms with E-state index in [0.29, 0.717) is 67.2 Å². The van der Waals surface area contributed by atoms with Crippen LogP contribution in [0.15, 0.2) is 27.7 Å². The molecule has 0 spiro atoms. The highest BCUT2D eigenvalue weighted by Crippen LogP contribution is 2.32. The minimum absolute atomic E-state index is 0.0186. The monoisotopic (exact) mass is 437 g/mol. The summed E-state index contributed by atoms with van der Waals surface area (Å²) in [6, 6.07) is 3.53. The summed E-state index contributed by atoms with van der Waals surface area (Å²) in [6.45, 7) is 4.42. The van der Waals surface area contributed by atoms with Gasteiger partial charge < -0.3 is 19.0 Å². The highest BCUT2D eigenvalue weighted by molar-refractivity contribution is 8.26. The Labute approximate surface area is 178 Å². The molecular formula is C19H23N3O5S2. The Kier molecular flexibility index (Phi) is 7.32. The third-order valence-corrected chi connectivity index (χ3v) is 6.00. The van der Waals surface area contributed by atoms with Crippen LogP contribution in [0.5, 0.6) is 0 Å². The van der Waals surface area contributed by atoms with Crippen LogP contribution in [0.4, 0.5) is 4.79 Å². The number of nitrogens with zero attached hydrogens (tertiary/aromatic N) is 3. The van der Waals surface area contributed by atoms with Crippen molar-refractivity contribution in [2.45, 2.75) is 19.8 Å². The molecule has 10 heteroatoms. The molecule has 3 rings (SSSR count). The highest BCUT2D eigenvalue weighted by atomic mass is 32.2. The lowest BCUT2D eigenvalue weighted by molar-refractivity contribution is -0.133. The summed E-state index contributed by atoms with van der Waals surface area (Å²) in [5.74, 6) is 0.458. The Hall–Kier alpha value is -2.33. The summed E-state index contributed by atoms with van der Waals surface area (Å²) < 4.78 is 10.7. The number of thiocarbonyl (C=S) groups is 1. The molecule has 0 saturated carbocycles. The third kappa shape index (κ3) is 5.39. The van der Waals surface area contributed by atoms with E-state index in [1.54, 1.807) is 41.2 Å². The second kappa shape index (κ2) is 9.93. The maximum Gasteiger partial charge on any atom is 0.409 e. The molecule has 29 heavy (non-hydrogen) atoms. The molecule has 0 radical (unpaired) electrons. The van der Waals surface area contributed by atoms with Crippen molar-refractivity contribution < 1.29 is 23.5 Å². The molecule has 1 aromatic heterocycles. The van der Waals surface area contributed by atoms with Gasteiger partial charge in [0.15, 0.2) is 0 Å². The van der Waals surface area contributed by atoms with Crippen LogP contribution in [-0.4, -0.2) is 76.3 Å². The summed E-state index contributed by atoms with van der Waals surface area (Å²) in [5, 5.41) is 0. The van der Waals surface area contributed by atoms with Gasteiger partial charge in [-0.2, -0.15) is 0 Å². The molecule has 0 unspecified atom stereocenters. The van der Waals surface area contributed by atoms with Gasteiger partial charge in [0, 0.05) is 45.2 Å². The normalized spacial score (nSPS) is 18.7. The van der Waals surface area contributed by atoms with E-state index in [4.69, 9.17) is 21.4 Å². The maximum atomic E-state index is 12.5. The zero-order valence-electron chi connectivity index (χ0n) is 16.2. The van der Waals surface area contributed by atoms with Crippen molar-refractivity contribution in [3.8, 4) is 0 Å². The first-order valence-corrected chi connectivity index (χ1v) is 10.7. The number of furan rings is 1. The van der Waals surface area contributed by atoms with E-state index < -0.39 is 0 Å². The molecule has 3 heterocycles. The maximum absolute atomic E-state index is 12.5. The third-order valence-electron chi connectivity index (χ3n) is 4.62. The molecule has 2 saturated heterocycles. The molecule has 2 aliphatic rings. The lowest BCUT2D eigenvalue weighted by Gasteiger charge is -2.34. The Morgan fingerprint density at radius 3 is 2.66 bits per heavy atom. The van der Waals surface area contributed by atoms with Crippen LogP contribution in [-0.2, 0) is 14.3 Å². The van der Waals surface area contributed by atoms with E-state index in [1.165, 1.54) is 16.7 Å². The van der Waals surface area contributed by atoms with Crippen LogP contribution in [0.25, 0.3) is 6.08 Å². The van der Waals surface area contributed by atoms with Crippen molar-refractivity contribution >= 4 is 52.3 Å². The Bertz CT molecular complexity index is 801. The van der Waals surface area contributed by atoms with Crippen molar-refractivity contribution in [1.82, 2.24) is 14.7 Å². The molecule has 156 valence electrons. The summed E-state index contributed by atoms with van der Waals surface area (Å²) in [5.41, 5.74) is 0. The predicted octanol–water partition coefficient (Wildman–Crippen LogP) is 2.56. The Balaban J connectivity index is 1.43. The molecule has 0 atom stereocenters. The fraction of sp³-hybridized carbons (Fsp3) is 0.474. The number of amides is 3. The van der Waals surface area contributed by atoms with Gasteiger partial charge in [0.1, 0.15) is 10.1 Å². The Morgan fingerprint density at radius 2 is 2.00 bits per heavy atom. The zero-order chi connectivity index (χ0) is 20.8. The van der Waals surface area contributed by atoms with Crippen LogP contribution in [0.3, 0.4) is 0 Å². The standard InChI is InChI=1S/C19H23N3O5S2/c1-2-26-18(25)21-10-8-20(9-11-21)16(23)6-3-7-22-17(24)15(29-19(22)28)13-14-5-4-12-27-14/h4-5,12-13H,2-3,6-11H2,1H3. The SMILES string of the molecule is CCOC(=O)N1CCN(C(=O)CCCN2C(=O)C(=Cc3ccco3)SC2=S)CC1. The molecule has 2 aliphatic heterocycles. The van der Waals surface area contributed by atoms with Gasteiger partial charge in [0.25, 0.3) is 5.91 Å². The number of thioether (sulfide) groups is 1. The smallest absolute Gasteiger partial charge is 0.409 e. The van der Waals surface area contributed by atoms with Crippen LogP contribution >= 0.6 is 24.0 Å². The molecule has 2 fully saturated rings. The van der Waals surface area contributed by atoms with E-state index >= 15 is 0 Å². The number of carbonyl (C=O) groups excluding carboxylic acids is 3. The summed E-state index contributed by atoms with van der Waals surface area (Å²) >= 11 is 6.54. The lowest BCUT2D eigenvalue weighted by Crippen LogP contribution is -2.50. The Morgan fingerprint density at radius 1 is 1.28 bits per heavy atom. The van der Waals surface area contributed by atoms with Crippen LogP contribution < -0.4 is 0 Å². The fourth-order valence-corrected chi connectivity index (χ4v) is 4.38. The van der Waals surface area contributed by atoms with Crippen molar-refractivity contribution in [3.63, 3.8) is 0 Å². The lowest BCUT2D eigenvalue weighted by atomic mass is 10.2. The summed E-state index contributed by atoms with van der Waals surface area (Å²) in [6.07, 6.45) is 3.74. The van der Waals surface area contributed by atoms with Gasteiger partial charge in [0.05, 0.1) is 17.8 Å². The number of carbonyl (C=O) groups is 3. The van der Waals surface area contributed by atoms with E-state index in [-0.39, 0.29) is 17.9 Å². The first-order valence-electron chi connectivity index (χ1n) is 9.48. The molecular weight excluding hydrogens is 414 g/mol. The average Bonchev–Trinajstić information content (AvgIpc) is 3.32. The topological polar surface area (TPSA) is 83.3 Å². The summed E-state index contributed by atoms with van der Waals surface area (Å²) in [4.78, 5) is 42.1. The molecule has 8 nitrogen and oxygen atoms in total. The molecule has 0 N–H and O–H groups in total. The minimum Gasteiger partial charge on any atom is -0.465 e.